The molecule has 1 aromatic heterocycles. The minimum Gasteiger partial charge on any atom is -0.497 e. The van der Waals surface area contributed by atoms with E-state index in [9.17, 15) is 4.79 Å². The van der Waals surface area contributed by atoms with Gasteiger partial charge in [-0.1, -0.05) is 23.7 Å². The molecule has 0 radical (unpaired) electrons. The quantitative estimate of drug-likeness (QED) is 0.733. The summed E-state index contributed by atoms with van der Waals surface area (Å²) in [5.74, 6) is 0.983. The largest absolute Gasteiger partial charge is 0.497 e. The van der Waals surface area contributed by atoms with Crippen molar-refractivity contribution < 1.29 is 9.53 Å². The van der Waals surface area contributed by atoms with E-state index in [1.165, 1.54) is 0 Å². The molecule has 0 aliphatic carbocycles. The zero-order chi connectivity index (χ0) is 17.8. The number of anilines is 1. The second-order valence-electron chi connectivity index (χ2n) is 5.40. The van der Waals surface area contributed by atoms with E-state index in [1.54, 1.807) is 31.4 Å². The molecule has 5 nitrogen and oxygen atoms in total. The van der Waals surface area contributed by atoms with Crippen molar-refractivity contribution in [3.63, 3.8) is 0 Å². The number of amides is 1. The van der Waals surface area contributed by atoms with E-state index in [4.69, 9.17) is 16.3 Å². The number of hydrogen-bond acceptors (Lipinski definition) is 3. The van der Waals surface area contributed by atoms with Crippen LogP contribution < -0.4 is 10.1 Å². The number of rotatable bonds is 5. The molecule has 0 aliphatic heterocycles. The molecule has 1 amide bonds. The highest BCUT2D eigenvalue weighted by molar-refractivity contribution is 6.34. The van der Waals surface area contributed by atoms with Gasteiger partial charge in [0.15, 0.2) is 0 Å². The molecule has 2 aromatic carbocycles. The number of benzene rings is 2. The summed E-state index contributed by atoms with van der Waals surface area (Å²) in [6.07, 6.45) is 1.91. The van der Waals surface area contributed by atoms with Crippen molar-refractivity contribution in [3.8, 4) is 17.0 Å². The highest BCUT2D eigenvalue weighted by atomic mass is 35.5. The van der Waals surface area contributed by atoms with Crippen LogP contribution in [0.2, 0.25) is 5.02 Å². The van der Waals surface area contributed by atoms with Crippen LogP contribution in [0.5, 0.6) is 5.75 Å². The third-order valence-electron chi connectivity index (χ3n) is 3.85. The van der Waals surface area contributed by atoms with Crippen LogP contribution in [-0.2, 0) is 6.54 Å². The minimum atomic E-state index is -0.285. The maximum atomic E-state index is 12.5. The molecule has 0 aliphatic rings. The molecule has 0 spiro atoms. The van der Waals surface area contributed by atoms with Crippen molar-refractivity contribution in [2.24, 2.45) is 0 Å². The van der Waals surface area contributed by atoms with Crippen molar-refractivity contribution in [2.75, 3.05) is 12.4 Å². The maximum Gasteiger partial charge on any atom is 0.259 e. The first-order chi connectivity index (χ1) is 12.1. The second kappa shape index (κ2) is 7.40. The molecule has 6 heteroatoms. The molecular weight excluding hydrogens is 338 g/mol. The number of hydrogen-bond donors (Lipinski definition) is 1. The molecule has 0 unspecified atom stereocenters. The zero-order valence-electron chi connectivity index (χ0n) is 14.0. The smallest absolute Gasteiger partial charge is 0.259 e. The van der Waals surface area contributed by atoms with E-state index in [2.05, 4.69) is 10.3 Å². The normalized spacial score (nSPS) is 10.5. The van der Waals surface area contributed by atoms with Gasteiger partial charge >= 0.3 is 0 Å². The summed E-state index contributed by atoms with van der Waals surface area (Å²) >= 11 is 6.09. The molecular formula is C19H18ClN3O2. The van der Waals surface area contributed by atoms with Crippen molar-refractivity contribution in [3.05, 3.63) is 65.3 Å². The average Bonchev–Trinajstić information content (AvgIpc) is 3.05. The molecule has 0 saturated heterocycles. The van der Waals surface area contributed by atoms with Gasteiger partial charge in [-0.15, -0.1) is 0 Å². The number of aryl methyl sites for hydroxylation is 1. The number of aromatic nitrogens is 2. The van der Waals surface area contributed by atoms with Crippen LogP contribution in [-0.4, -0.2) is 22.6 Å². The lowest BCUT2D eigenvalue weighted by atomic mass is 10.2. The van der Waals surface area contributed by atoms with Gasteiger partial charge in [-0.05, 0) is 43.3 Å². The first-order valence-electron chi connectivity index (χ1n) is 7.90. The van der Waals surface area contributed by atoms with Crippen LogP contribution in [0.1, 0.15) is 17.3 Å². The molecule has 3 rings (SSSR count). The van der Waals surface area contributed by atoms with Gasteiger partial charge in [-0.2, -0.15) is 0 Å². The molecule has 3 aromatic rings. The molecule has 0 atom stereocenters. The van der Waals surface area contributed by atoms with Gasteiger partial charge in [0.05, 0.1) is 23.4 Å². The number of carbonyl (C=O) groups excluding carboxylic acids is 1. The highest BCUT2D eigenvalue weighted by Crippen LogP contribution is 2.24. The van der Waals surface area contributed by atoms with Gasteiger partial charge in [0.1, 0.15) is 5.75 Å². The fraction of sp³-hybridized carbons (Fsp3) is 0.158. The van der Waals surface area contributed by atoms with Crippen LogP contribution in [0.4, 0.5) is 5.95 Å². The minimum absolute atomic E-state index is 0.285. The van der Waals surface area contributed by atoms with Gasteiger partial charge in [0.25, 0.3) is 5.91 Å². The fourth-order valence-electron chi connectivity index (χ4n) is 2.47. The lowest BCUT2D eigenvalue weighted by Crippen LogP contribution is -2.16. The molecule has 128 valence electrons. The Morgan fingerprint density at radius 1 is 1.20 bits per heavy atom. The Kier molecular flexibility index (Phi) is 5.05. The predicted molar refractivity (Wildman–Crippen MR) is 99.3 cm³/mol. The van der Waals surface area contributed by atoms with Crippen molar-refractivity contribution in [1.82, 2.24) is 9.55 Å². The molecule has 25 heavy (non-hydrogen) atoms. The molecule has 1 N–H and O–H groups in total. The van der Waals surface area contributed by atoms with E-state index < -0.39 is 0 Å². The number of nitrogens with zero attached hydrogens (tertiary/aromatic N) is 2. The van der Waals surface area contributed by atoms with Crippen LogP contribution in [0.25, 0.3) is 11.3 Å². The summed E-state index contributed by atoms with van der Waals surface area (Å²) < 4.78 is 7.06. The fourth-order valence-corrected chi connectivity index (χ4v) is 2.69. The van der Waals surface area contributed by atoms with Gasteiger partial charge in [-0.3, -0.25) is 10.1 Å². The second-order valence-corrected chi connectivity index (χ2v) is 5.81. The van der Waals surface area contributed by atoms with Crippen molar-refractivity contribution >= 4 is 23.5 Å². The Bertz CT molecular complexity index is 888. The van der Waals surface area contributed by atoms with Crippen molar-refractivity contribution in [1.29, 1.82) is 0 Å². The van der Waals surface area contributed by atoms with E-state index in [1.807, 2.05) is 42.0 Å². The first-order valence-corrected chi connectivity index (χ1v) is 8.27. The molecule has 1 heterocycles. The van der Waals surface area contributed by atoms with Gasteiger partial charge in [-0.25, -0.2) is 4.98 Å². The Hall–Kier alpha value is -2.79. The highest BCUT2D eigenvalue weighted by Gasteiger charge is 2.15. The Morgan fingerprint density at radius 2 is 1.92 bits per heavy atom. The number of halogens is 1. The summed E-state index contributed by atoms with van der Waals surface area (Å²) in [6.45, 7) is 2.67. The summed E-state index contributed by atoms with van der Waals surface area (Å²) in [7, 11) is 1.63. The number of methoxy groups -OCH3 is 1. The van der Waals surface area contributed by atoms with Crippen LogP contribution in [0.3, 0.4) is 0 Å². The number of ether oxygens (including phenoxy) is 1. The molecule has 0 fully saturated rings. The SMILES string of the molecule is CCn1cc(-c2ccc(OC)cc2)nc1NC(=O)c1ccccc1Cl. The molecule has 0 bridgehead atoms. The van der Waals surface area contributed by atoms with E-state index >= 15 is 0 Å². The predicted octanol–water partition coefficient (Wildman–Crippen LogP) is 4.48. The summed E-state index contributed by atoms with van der Waals surface area (Å²) in [5, 5.41) is 3.24. The average molecular weight is 356 g/mol. The van der Waals surface area contributed by atoms with Crippen LogP contribution >= 0.6 is 11.6 Å². The Labute approximate surface area is 151 Å². The van der Waals surface area contributed by atoms with Crippen LogP contribution in [0.15, 0.2) is 54.7 Å². The third kappa shape index (κ3) is 3.67. The van der Waals surface area contributed by atoms with Gasteiger partial charge in [0, 0.05) is 18.3 Å². The van der Waals surface area contributed by atoms with E-state index in [0.717, 1.165) is 17.0 Å². The Morgan fingerprint density at radius 3 is 2.56 bits per heavy atom. The number of imidazole rings is 1. The monoisotopic (exact) mass is 355 g/mol. The third-order valence-corrected chi connectivity index (χ3v) is 4.18. The molecule has 0 saturated carbocycles. The standard InChI is InChI=1S/C19H18ClN3O2/c1-3-23-12-17(13-8-10-14(25-2)11-9-13)21-19(23)22-18(24)15-6-4-5-7-16(15)20/h4-12H,3H2,1-2H3,(H,21,22,24). The van der Waals surface area contributed by atoms with Gasteiger partial charge in [0.2, 0.25) is 5.95 Å². The summed E-state index contributed by atoms with van der Waals surface area (Å²) in [4.78, 5) is 17.0. The number of carbonyl (C=O) groups is 1. The Balaban J connectivity index is 1.88. The van der Waals surface area contributed by atoms with Crippen LogP contribution in [0, 0.1) is 0 Å². The summed E-state index contributed by atoms with van der Waals surface area (Å²) in [6, 6.07) is 14.5. The summed E-state index contributed by atoms with van der Waals surface area (Å²) in [5.41, 5.74) is 2.14. The van der Waals surface area contributed by atoms with E-state index in [-0.39, 0.29) is 5.91 Å². The topological polar surface area (TPSA) is 56.1 Å². The lowest BCUT2D eigenvalue weighted by molar-refractivity contribution is 0.102. The number of nitrogens with one attached hydrogen (secondary N) is 1. The zero-order valence-corrected chi connectivity index (χ0v) is 14.7. The maximum absolute atomic E-state index is 12.5. The van der Waals surface area contributed by atoms with E-state index in [0.29, 0.717) is 23.1 Å². The lowest BCUT2D eigenvalue weighted by Gasteiger charge is -2.07. The first kappa shape index (κ1) is 17.0. The van der Waals surface area contributed by atoms with Crippen molar-refractivity contribution in [2.45, 2.75) is 13.5 Å². The van der Waals surface area contributed by atoms with Gasteiger partial charge < -0.3 is 9.30 Å².